The second-order valence-electron chi connectivity index (χ2n) is 4.49. The molecule has 2 rings (SSSR count). The zero-order valence-electron chi connectivity index (χ0n) is 12.0. The van der Waals surface area contributed by atoms with Crippen LogP contribution < -0.4 is 4.74 Å². The Bertz CT molecular complexity index is 666. The summed E-state index contributed by atoms with van der Waals surface area (Å²) in [5, 5.41) is 9.07. The van der Waals surface area contributed by atoms with Gasteiger partial charge in [-0.15, -0.1) is 0 Å². The number of hydrogen-bond acceptors (Lipinski definition) is 5. The molecular formula is C16H15NO5. The summed E-state index contributed by atoms with van der Waals surface area (Å²) in [5.41, 5.74) is 1.28. The first-order valence-corrected chi connectivity index (χ1v) is 6.56. The number of hydrogen-bond donors (Lipinski definition) is 1. The van der Waals surface area contributed by atoms with E-state index in [4.69, 9.17) is 9.84 Å². The highest BCUT2D eigenvalue weighted by atomic mass is 16.5. The van der Waals surface area contributed by atoms with Crippen molar-refractivity contribution in [2.75, 3.05) is 7.11 Å². The molecule has 114 valence electrons. The number of ether oxygens (including phenoxy) is 2. The zero-order valence-corrected chi connectivity index (χ0v) is 12.0. The molecule has 0 atom stereocenters. The van der Waals surface area contributed by atoms with Gasteiger partial charge >= 0.3 is 11.9 Å². The summed E-state index contributed by atoms with van der Waals surface area (Å²) in [7, 11) is 1.34. The number of methoxy groups -OCH3 is 1. The Kier molecular flexibility index (Phi) is 5.08. The van der Waals surface area contributed by atoms with E-state index >= 15 is 0 Å². The topological polar surface area (TPSA) is 85.7 Å². The Morgan fingerprint density at radius 2 is 1.91 bits per heavy atom. The normalized spacial score (nSPS) is 10.0. The van der Waals surface area contributed by atoms with Crippen LogP contribution in [0.3, 0.4) is 0 Å². The van der Waals surface area contributed by atoms with E-state index in [2.05, 4.69) is 9.72 Å². The Hall–Kier alpha value is -2.89. The molecule has 0 bridgehead atoms. The predicted molar refractivity (Wildman–Crippen MR) is 77.7 cm³/mol. The van der Waals surface area contributed by atoms with Gasteiger partial charge in [0.15, 0.2) is 0 Å². The number of rotatable bonds is 6. The third-order valence-electron chi connectivity index (χ3n) is 3.00. The van der Waals surface area contributed by atoms with E-state index in [0.717, 1.165) is 5.56 Å². The fourth-order valence-corrected chi connectivity index (χ4v) is 1.84. The van der Waals surface area contributed by atoms with Crippen molar-refractivity contribution in [3.63, 3.8) is 0 Å². The first-order valence-electron chi connectivity index (χ1n) is 6.56. The van der Waals surface area contributed by atoms with Gasteiger partial charge in [-0.25, -0.2) is 4.79 Å². The third kappa shape index (κ3) is 4.05. The van der Waals surface area contributed by atoms with E-state index in [1.165, 1.54) is 19.4 Å². The standard InChI is InChI=1S/C16H15NO5/c1-21-15(18)9-11-4-6-12(7-5-11)22-10-14-13(16(19)20)3-2-8-17-14/h2-8H,9-10H2,1H3,(H,19,20). The van der Waals surface area contributed by atoms with Crippen LogP contribution in [0.15, 0.2) is 42.6 Å². The van der Waals surface area contributed by atoms with Gasteiger partial charge in [0.1, 0.15) is 12.4 Å². The molecule has 0 aliphatic heterocycles. The highest BCUT2D eigenvalue weighted by molar-refractivity contribution is 5.88. The minimum absolute atomic E-state index is 0.0544. The predicted octanol–water partition coefficient (Wildman–Crippen LogP) is 2.07. The number of carbonyl (C=O) groups excluding carboxylic acids is 1. The van der Waals surface area contributed by atoms with Gasteiger partial charge in [-0.2, -0.15) is 0 Å². The van der Waals surface area contributed by atoms with E-state index in [1.54, 1.807) is 30.3 Å². The lowest BCUT2D eigenvalue weighted by Gasteiger charge is -2.08. The van der Waals surface area contributed by atoms with Crippen LogP contribution in [0.5, 0.6) is 5.75 Å². The number of carboxylic acid groups (broad SMARTS) is 1. The van der Waals surface area contributed by atoms with Crippen LogP contribution in [-0.4, -0.2) is 29.1 Å². The molecule has 6 heteroatoms. The van der Waals surface area contributed by atoms with Crippen molar-refractivity contribution in [3.05, 3.63) is 59.4 Å². The summed E-state index contributed by atoms with van der Waals surface area (Å²) in [6.45, 7) is 0.0544. The van der Waals surface area contributed by atoms with Gasteiger partial charge in [0, 0.05) is 6.20 Å². The zero-order chi connectivity index (χ0) is 15.9. The van der Waals surface area contributed by atoms with Gasteiger partial charge in [-0.05, 0) is 29.8 Å². The molecule has 0 aliphatic carbocycles. The smallest absolute Gasteiger partial charge is 0.337 e. The van der Waals surface area contributed by atoms with Crippen molar-refractivity contribution in [1.82, 2.24) is 4.98 Å². The largest absolute Gasteiger partial charge is 0.487 e. The first-order chi connectivity index (χ1) is 10.6. The fourth-order valence-electron chi connectivity index (χ4n) is 1.84. The van der Waals surface area contributed by atoms with E-state index in [9.17, 15) is 9.59 Å². The molecule has 0 saturated heterocycles. The average Bonchev–Trinajstić information content (AvgIpc) is 2.54. The summed E-state index contributed by atoms with van der Waals surface area (Å²) >= 11 is 0. The van der Waals surface area contributed by atoms with Crippen LogP contribution in [0.4, 0.5) is 0 Å². The Balaban J connectivity index is 2.00. The number of pyridine rings is 1. The number of esters is 1. The summed E-state index contributed by atoms with van der Waals surface area (Å²) in [6.07, 6.45) is 1.71. The van der Waals surface area contributed by atoms with Gasteiger partial charge in [0.05, 0.1) is 24.8 Å². The Labute approximate surface area is 127 Å². The quantitative estimate of drug-likeness (QED) is 0.822. The first kappa shape index (κ1) is 15.5. The van der Waals surface area contributed by atoms with Crippen LogP contribution in [0.25, 0.3) is 0 Å². The van der Waals surface area contributed by atoms with Crippen molar-refractivity contribution < 1.29 is 24.2 Å². The molecule has 1 N–H and O–H groups in total. The van der Waals surface area contributed by atoms with Crippen LogP contribution in [0, 0.1) is 0 Å². The number of nitrogens with zero attached hydrogens (tertiary/aromatic N) is 1. The summed E-state index contributed by atoms with van der Waals surface area (Å²) < 4.78 is 10.1. The van der Waals surface area contributed by atoms with Gasteiger partial charge < -0.3 is 14.6 Å². The summed E-state index contributed by atoms with van der Waals surface area (Å²) in [5.74, 6) is -0.788. The molecule has 6 nitrogen and oxygen atoms in total. The number of aromatic nitrogens is 1. The van der Waals surface area contributed by atoms with Gasteiger partial charge in [-0.3, -0.25) is 9.78 Å². The second kappa shape index (κ2) is 7.21. The van der Waals surface area contributed by atoms with E-state index in [1.807, 2.05) is 0 Å². The summed E-state index contributed by atoms with van der Waals surface area (Å²) in [4.78, 5) is 26.2. The fraction of sp³-hybridized carbons (Fsp3) is 0.188. The molecule has 2 aromatic rings. The van der Waals surface area contributed by atoms with Gasteiger partial charge in [-0.1, -0.05) is 12.1 Å². The molecule has 1 aromatic carbocycles. The maximum absolute atomic E-state index is 11.2. The molecule has 1 heterocycles. The molecular weight excluding hydrogens is 286 g/mol. The van der Waals surface area contributed by atoms with E-state index < -0.39 is 5.97 Å². The summed E-state index contributed by atoms with van der Waals surface area (Å²) in [6, 6.07) is 9.97. The van der Waals surface area contributed by atoms with Crippen LogP contribution in [-0.2, 0) is 22.6 Å². The lowest BCUT2D eigenvalue weighted by atomic mass is 10.1. The Morgan fingerprint density at radius 3 is 2.55 bits per heavy atom. The number of benzene rings is 1. The lowest BCUT2D eigenvalue weighted by Crippen LogP contribution is -2.07. The molecule has 1 aromatic heterocycles. The molecule has 0 unspecified atom stereocenters. The molecule has 22 heavy (non-hydrogen) atoms. The number of carboxylic acids is 1. The van der Waals surface area contributed by atoms with Gasteiger partial charge in [0.2, 0.25) is 0 Å². The van der Waals surface area contributed by atoms with Crippen molar-refractivity contribution in [3.8, 4) is 5.75 Å². The van der Waals surface area contributed by atoms with Gasteiger partial charge in [0.25, 0.3) is 0 Å². The maximum Gasteiger partial charge on any atom is 0.337 e. The van der Waals surface area contributed by atoms with Crippen LogP contribution >= 0.6 is 0 Å². The van der Waals surface area contributed by atoms with E-state index in [0.29, 0.717) is 11.4 Å². The minimum Gasteiger partial charge on any atom is -0.487 e. The molecule has 0 fully saturated rings. The van der Waals surface area contributed by atoms with Crippen molar-refractivity contribution in [1.29, 1.82) is 0 Å². The monoisotopic (exact) mass is 301 g/mol. The van der Waals surface area contributed by atoms with Crippen molar-refractivity contribution in [2.24, 2.45) is 0 Å². The van der Waals surface area contributed by atoms with Crippen molar-refractivity contribution in [2.45, 2.75) is 13.0 Å². The maximum atomic E-state index is 11.2. The highest BCUT2D eigenvalue weighted by Crippen LogP contribution is 2.15. The molecule has 0 aliphatic rings. The second-order valence-corrected chi connectivity index (χ2v) is 4.49. The number of carbonyl (C=O) groups is 2. The number of aromatic carboxylic acids is 1. The third-order valence-corrected chi connectivity index (χ3v) is 3.00. The lowest BCUT2D eigenvalue weighted by molar-refractivity contribution is -0.139. The Morgan fingerprint density at radius 1 is 1.18 bits per heavy atom. The van der Waals surface area contributed by atoms with Crippen LogP contribution in [0.1, 0.15) is 21.6 Å². The van der Waals surface area contributed by atoms with Crippen molar-refractivity contribution >= 4 is 11.9 Å². The molecule has 0 radical (unpaired) electrons. The van der Waals surface area contributed by atoms with Crippen LogP contribution in [0.2, 0.25) is 0 Å². The highest BCUT2D eigenvalue weighted by Gasteiger charge is 2.11. The molecule has 0 spiro atoms. The molecule has 0 amide bonds. The minimum atomic E-state index is -1.04. The van der Waals surface area contributed by atoms with E-state index in [-0.39, 0.29) is 24.6 Å². The average molecular weight is 301 g/mol. The molecule has 0 saturated carbocycles. The SMILES string of the molecule is COC(=O)Cc1ccc(OCc2ncccc2C(=O)O)cc1.